The monoisotopic (exact) mass is 303 g/mol. The Morgan fingerprint density at radius 2 is 1.86 bits per heavy atom. The smallest absolute Gasteiger partial charge is 0.0898 e. The molecule has 0 saturated carbocycles. The summed E-state index contributed by atoms with van der Waals surface area (Å²) >= 11 is 1.71. The van der Waals surface area contributed by atoms with Gasteiger partial charge in [0.25, 0.3) is 0 Å². The van der Waals surface area contributed by atoms with Gasteiger partial charge in [-0.1, -0.05) is 12.1 Å². The van der Waals surface area contributed by atoms with E-state index in [1.807, 2.05) is 6.92 Å². The van der Waals surface area contributed by atoms with E-state index < -0.39 is 0 Å². The molecule has 1 heterocycles. The lowest BCUT2D eigenvalue weighted by molar-refractivity contribution is 0.424. The molecule has 0 fully saturated rings. The fourth-order valence-corrected chi connectivity index (χ4v) is 2.65. The van der Waals surface area contributed by atoms with Gasteiger partial charge in [-0.2, -0.15) is 0 Å². The second-order valence-corrected chi connectivity index (χ2v) is 7.55. The van der Waals surface area contributed by atoms with E-state index in [1.165, 1.54) is 11.3 Å². The van der Waals surface area contributed by atoms with Crippen LogP contribution in [-0.4, -0.2) is 17.6 Å². The molecule has 1 aromatic carbocycles. The van der Waals surface area contributed by atoms with Gasteiger partial charge >= 0.3 is 0 Å². The molecule has 0 saturated heterocycles. The average Bonchev–Trinajstić information content (AvgIpc) is 2.81. The summed E-state index contributed by atoms with van der Waals surface area (Å²) in [4.78, 5) is 6.75. The quantitative estimate of drug-likeness (QED) is 0.905. The predicted octanol–water partition coefficient (Wildman–Crippen LogP) is 3.98. The third-order valence-corrected chi connectivity index (χ3v) is 4.09. The van der Waals surface area contributed by atoms with Gasteiger partial charge in [-0.15, -0.1) is 11.3 Å². The van der Waals surface area contributed by atoms with Crippen LogP contribution in [0.2, 0.25) is 0 Å². The molecule has 2 rings (SSSR count). The Balaban J connectivity index is 1.94. The highest BCUT2D eigenvalue weighted by Gasteiger charge is 2.09. The normalized spacial score (nSPS) is 11.7. The van der Waals surface area contributed by atoms with Gasteiger partial charge in [-0.05, 0) is 45.4 Å². The molecule has 21 heavy (non-hydrogen) atoms. The zero-order chi connectivity index (χ0) is 15.5. The molecule has 1 N–H and O–H groups in total. The van der Waals surface area contributed by atoms with Crippen molar-refractivity contribution >= 4 is 17.0 Å². The summed E-state index contributed by atoms with van der Waals surface area (Å²) in [7, 11) is 2.11. The summed E-state index contributed by atoms with van der Waals surface area (Å²) in [5.41, 5.74) is 3.82. The summed E-state index contributed by atoms with van der Waals surface area (Å²) in [6.45, 7) is 10.4. The molecule has 0 spiro atoms. The van der Waals surface area contributed by atoms with Gasteiger partial charge in [0.2, 0.25) is 0 Å². The SMILES string of the molecule is Cc1nc(CN(C)c2ccc(CNC(C)(C)C)cc2)cs1. The summed E-state index contributed by atoms with van der Waals surface area (Å²) in [5, 5.41) is 6.77. The average molecular weight is 303 g/mol. The number of anilines is 1. The molecule has 0 radical (unpaired) electrons. The Hall–Kier alpha value is -1.39. The molecule has 1 aromatic heterocycles. The molecule has 0 aliphatic carbocycles. The maximum Gasteiger partial charge on any atom is 0.0898 e. The molecule has 0 aliphatic rings. The van der Waals surface area contributed by atoms with Gasteiger partial charge in [0.05, 0.1) is 17.2 Å². The van der Waals surface area contributed by atoms with Crippen LogP contribution < -0.4 is 10.2 Å². The van der Waals surface area contributed by atoms with Crippen molar-refractivity contribution in [1.82, 2.24) is 10.3 Å². The lowest BCUT2D eigenvalue weighted by Gasteiger charge is -2.21. The molecular formula is C17H25N3S. The number of aryl methyl sites for hydroxylation is 1. The number of rotatable bonds is 5. The second-order valence-electron chi connectivity index (χ2n) is 6.48. The number of nitrogens with one attached hydrogen (secondary N) is 1. The van der Waals surface area contributed by atoms with Crippen molar-refractivity contribution in [3.63, 3.8) is 0 Å². The summed E-state index contributed by atoms with van der Waals surface area (Å²) in [5.74, 6) is 0. The summed E-state index contributed by atoms with van der Waals surface area (Å²) in [6.07, 6.45) is 0. The van der Waals surface area contributed by atoms with E-state index in [0.717, 1.165) is 23.8 Å². The van der Waals surface area contributed by atoms with Crippen LogP contribution in [0.15, 0.2) is 29.6 Å². The molecular weight excluding hydrogens is 278 g/mol. The lowest BCUT2D eigenvalue weighted by Crippen LogP contribution is -2.35. The fraction of sp³-hybridized carbons (Fsp3) is 0.471. The van der Waals surface area contributed by atoms with E-state index in [-0.39, 0.29) is 5.54 Å². The minimum absolute atomic E-state index is 0.151. The predicted molar refractivity (Wildman–Crippen MR) is 92.0 cm³/mol. The van der Waals surface area contributed by atoms with Crippen molar-refractivity contribution in [1.29, 1.82) is 0 Å². The molecule has 0 bridgehead atoms. The molecule has 0 aliphatic heterocycles. The van der Waals surface area contributed by atoms with E-state index in [0.29, 0.717) is 0 Å². The van der Waals surface area contributed by atoms with Gasteiger partial charge in [0, 0.05) is 30.2 Å². The zero-order valence-corrected chi connectivity index (χ0v) is 14.4. The second kappa shape index (κ2) is 6.58. The number of thiazole rings is 1. The number of hydrogen-bond donors (Lipinski definition) is 1. The summed E-state index contributed by atoms with van der Waals surface area (Å²) < 4.78 is 0. The van der Waals surface area contributed by atoms with Crippen molar-refractivity contribution in [3.05, 3.63) is 45.9 Å². The number of hydrogen-bond acceptors (Lipinski definition) is 4. The van der Waals surface area contributed by atoms with Gasteiger partial charge in [-0.3, -0.25) is 0 Å². The van der Waals surface area contributed by atoms with Gasteiger partial charge in [0.1, 0.15) is 0 Å². The van der Waals surface area contributed by atoms with Crippen LogP contribution in [-0.2, 0) is 13.1 Å². The highest BCUT2D eigenvalue weighted by molar-refractivity contribution is 7.09. The molecule has 0 atom stereocenters. The maximum atomic E-state index is 4.52. The van der Waals surface area contributed by atoms with Crippen molar-refractivity contribution < 1.29 is 0 Å². The minimum atomic E-state index is 0.151. The number of aromatic nitrogens is 1. The highest BCUT2D eigenvalue weighted by atomic mass is 32.1. The Bertz CT molecular complexity index is 566. The first-order chi connectivity index (χ1) is 9.83. The van der Waals surface area contributed by atoms with Crippen LogP contribution in [0.3, 0.4) is 0 Å². The van der Waals surface area contributed by atoms with Crippen LogP contribution in [0.4, 0.5) is 5.69 Å². The van der Waals surface area contributed by atoms with Crippen molar-refractivity contribution in [3.8, 4) is 0 Å². The highest BCUT2D eigenvalue weighted by Crippen LogP contribution is 2.18. The van der Waals surface area contributed by atoms with E-state index in [9.17, 15) is 0 Å². The molecule has 3 nitrogen and oxygen atoms in total. The van der Waals surface area contributed by atoms with E-state index in [2.05, 4.69) is 72.7 Å². The fourth-order valence-electron chi connectivity index (χ4n) is 2.05. The molecule has 4 heteroatoms. The van der Waals surface area contributed by atoms with Crippen LogP contribution in [0.1, 0.15) is 37.0 Å². The van der Waals surface area contributed by atoms with E-state index in [4.69, 9.17) is 0 Å². The Labute approximate surface area is 132 Å². The molecule has 0 amide bonds. The standard InChI is InChI=1S/C17H25N3S/c1-13-19-15(12-21-13)11-20(5)16-8-6-14(7-9-16)10-18-17(2,3)4/h6-9,12,18H,10-11H2,1-5H3. The maximum absolute atomic E-state index is 4.52. The minimum Gasteiger partial charge on any atom is -0.369 e. The topological polar surface area (TPSA) is 28.2 Å². The lowest BCUT2D eigenvalue weighted by atomic mass is 10.1. The van der Waals surface area contributed by atoms with Crippen molar-refractivity contribution in [2.45, 2.75) is 46.3 Å². The van der Waals surface area contributed by atoms with Gasteiger partial charge in [-0.25, -0.2) is 4.98 Å². The third-order valence-electron chi connectivity index (χ3n) is 3.27. The van der Waals surface area contributed by atoms with Crippen molar-refractivity contribution in [2.75, 3.05) is 11.9 Å². The third kappa shape index (κ3) is 5.14. The Kier molecular flexibility index (Phi) is 5.01. The summed E-state index contributed by atoms with van der Waals surface area (Å²) in [6, 6.07) is 8.74. The van der Waals surface area contributed by atoms with Crippen LogP contribution >= 0.6 is 11.3 Å². The first-order valence-electron chi connectivity index (χ1n) is 7.29. The van der Waals surface area contributed by atoms with Crippen LogP contribution in [0.25, 0.3) is 0 Å². The van der Waals surface area contributed by atoms with Gasteiger partial charge in [0.15, 0.2) is 0 Å². The Morgan fingerprint density at radius 3 is 2.38 bits per heavy atom. The first-order valence-corrected chi connectivity index (χ1v) is 8.17. The molecule has 114 valence electrons. The zero-order valence-electron chi connectivity index (χ0n) is 13.6. The van der Waals surface area contributed by atoms with Gasteiger partial charge < -0.3 is 10.2 Å². The van der Waals surface area contributed by atoms with Crippen molar-refractivity contribution in [2.24, 2.45) is 0 Å². The van der Waals surface area contributed by atoms with E-state index in [1.54, 1.807) is 11.3 Å². The first kappa shape index (κ1) is 16.0. The van der Waals surface area contributed by atoms with E-state index >= 15 is 0 Å². The number of nitrogens with zero attached hydrogens (tertiary/aromatic N) is 2. The molecule has 2 aromatic rings. The Morgan fingerprint density at radius 1 is 1.19 bits per heavy atom. The number of benzene rings is 1. The molecule has 0 unspecified atom stereocenters. The largest absolute Gasteiger partial charge is 0.369 e. The van der Waals surface area contributed by atoms with Crippen LogP contribution in [0.5, 0.6) is 0 Å². The van der Waals surface area contributed by atoms with Crippen LogP contribution in [0, 0.1) is 6.92 Å².